The number of amides is 1. The van der Waals surface area contributed by atoms with Gasteiger partial charge < -0.3 is 14.6 Å². The van der Waals surface area contributed by atoms with Gasteiger partial charge in [0.1, 0.15) is 17.4 Å². The van der Waals surface area contributed by atoms with Gasteiger partial charge in [-0.3, -0.25) is 4.79 Å². The predicted octanol–water partition coefficient (Wildman–Crippen LogP) is 4.93. The standard InChI is InChI=1S/C24H22IN3O2/c1-16-12-19(17(2)28(16)22-8-6-21(25)7-9-22)13-20(14-26)24(29)27-15-18-4-10-23(30-3)11-5-18/h4-13H,15H2,1-3H3,(H,27,29)/b20-13+. The predicted molar refractivity (Wildman–Crippen MR) is 126 cm³/mol. The van der Waals surface area contributed by atoms with Gasteiger partial charge in [-0.15, -0.1) is 0 Å². The van der Waals surface area contributed by atoms with E-state index in [0.29, 0.717) is 6.54 Å². The summed E-state index contributed by atoms with van der Waals surface area (Å²) in [6.45, 7) is 4.34. The summed E-state index contributed by atoms with van der Waals surface area (Å²) in [5, 5.41) is 12.3. The Labute approximate surface area is 190 Å². The number of hydrogen-bond acceptors (Lipinski definition) is 3. The summed E-state index contributed by atoms with van der Waals surface area (Å²) < 4.78 is 8.42. The van der Waals surface area contributed by atoms with E-state index in [1.807, 2.05) is 50.2 Å². The first kappa shape index (κ1) is 21.7. The molecule has 1 aromatic heterocycles. The van der Waals surface area contributed by atoms with Crippen LogP contribution in [0.3, 0.4) is 0 Å². The van der Waals surface area contributed by atoms with E-state index in [1.54, 1.807) is 13.2 Å². The molecule has 0 aliphatic heterocycles. The number of rotatable bonds is 6. The number of hydrogen-bond donors (Lipinski definition) is 1. The van der Waals surface area contributed by atoms with Crippen molar-refractivity contribution in [2.45, 2.75) is 20.4 Å². The topological polar surface area (TPSA) is 67.0 Å². The van der Waals surface area contributed by atoms with Crippen LogP contribution in [0.15, 0.2) is 60.2 Å². The molecular formula is C24H22IN3O2. The van der Waals surface area contributed by atoms with Gasteiger partial charge >= 0.3 is 0 Å². The van der Waals surface area contributed by atoms with Crippen LogP contribution in [0.4, 0.5) is 0 Å². The molecule has 0 bridgehead atoms. The minimum atomic E-state index is -0.396. The average Bonchev–Trinajstić information content (AvgIpc) is 3.04. The molecule has 1 amide bonds. The molecule has 0 saturated heterocycles. The zero-order valence-electron chi connectivity index (χ0n) is 17.1. The van der Waals surface area contributed by atoms with Crippen LogP contribution in [0.1, 0.15) is 22.5 Å². The van der Waals surface area contributed by atoms with Crippen LogP contribution in [-0.2, 0) is 11.3 Å². The fourth-order valence-electron chi connectivity index (χ4n) is 3.25. The van der Waals surface area contributed by atoms with E-state index in [2.05, 4.69) is 56.7 Å². The molecular weight excluding hydrogens is 489 g/mol. The van der Waals surface area contributed by atoms with Gasteiger partial charge in [-0.25, -0.2) is 0 Å². The molecule has 0 aliphatic carbocycles. The molecule has 2 aromatic carbocycles. The Hall–Kier alpha value is -3.05. The molecule has 0 unspecified atom stereocenters. The molecule has 1 heterocycles. The molecule has 0 aliphatic rings. The van der Waals surface area contributed by atoms with Crippen molar-refractivity contribution in [3.8, 4) is 17.5 Å². The quantitative estimate of drug-likeness (QED) is 0.290. The maximum absolute atomic E-state index is 12.6. The highest BCUT2D eigenvalue weighted by atomic mass is 127. The van der Waals surface area contributed by atoms with E-state index in [4.69, 9.17) is 4.74 Å². The highest BCUT2D eigenvalue weighted by Gasteiger charge is 2.13. The van der Waals surface area contributed by atoms with E-state index in [-0.39, 0.29) is 5.57 Å². The number of carbonyl (C=O) groups is 1. The van der Waals surface area contributed by atoms with E-state index in [0.717, 1.165) is 34.0 Å². The molecule has 0 fully saturated rings. The van der Waals surface area contributed by atoms with Gasteiger partial charge in [-0.05, 0) is 96.1 Å². The normalized spacial score (nSPS) is 11.1. The van der Waals surface area contributed by atoms with Gasteiger partial charge in [0, 0.05) is 27.2 Å². The van der Waals surface area contributed by atoms with Crippen LogP contribution < -0.4 is 10.1 Å². The Kier molecular flexibility index (Phi) is 6.95. The van der Waals surface area contributed by atoms with Gasteiger partial charge in [0.05, 0.1) is 7.11 Å². The molecule has 5 nitrogen and oxygen atoms in total. The van der Waals surface area contributed by atoms with Crippen LogP contribution in [0.5, 0.6) is 5.75 Å². The van der Waals surface area contributed by atoms with Crippen LogP contribution in [0.2, 0.25) is 0 Å². The summed E-state index contributed by atoms with van der Waals surface area (Å²) >= 11 is 2.28. The molecule has 0 saturated carbocycles. The molecule has 1 N–H and O–H groups in total. The van der Waals surface area contributed by atoms with Crippen molar-refractivity contribution < 1.29 is 9.53 Å². The number of benzene rings is 2. The Morgan fingerprint density at radius 2 is 1.83 bits per heavy atom. The van der Waals surface area contributed by atoms with Crippen LogP contribution >= 0.6 is 22.6 Å². The van der Waals surface area contributed by atoms with Gasteiger partial charge in [-0.1, -0.05) is 12.1 Å². The number of ether oxygens (including phenoxy) is 1. The van der Waals surface area contributed by atoms with E-state index >= 15 is 0 Å². The second kappa shape index (κ2) is 9.63. The number of nitrogens with one attached hydrogen (secondary N) is 1. The van der Waals surface area contributed by atoms with Crippen molar-refractivity contribution in [2.75, 3.05) is 7.11 Å². The number of nitriles is 1. The van der Waals surface area contributed by atoms with Crippen molar-refractivity contribution in [3.63, 3.8) is 0 Å². The van der Waals surface area contributed by atoms with E-state index in [9.17, 15) is 10.1 Å². The molecule has 0 radical (unpaired) electrons. The van der Waals surface area contributed by atoms with Gasteiger partial charge in [-0.2, -0.15) is 5.26 Å². The summed E-state index contributed by atoms with van der Waals surface area (Å²) in [4.78, 5) is 12.6. The lowest BCUT2D eigenvalue weighted by Crippen LogP contribution is -2.23. The fraction of sp³-hybridized carbons (Fsp3) is 0.167. The smallest absolute Gasteiger partial charge is 0.262 e. The van der Waals surface area contributed by atoms with Crippen LogP contribution in [0.25, 0.3) is 11.8 Å². The second-order valence-corrected chi connectivity index (χ2v) is 8.08. The number of aryl methyl sites for hydroxylation is 1. The minimum Gasteiger partial charge on any atom is -0.497 e. The Bertz CT molecular complexity index is 1120. The first-order valence-corrected chi connectivity index (χ1v) is 10.5. The number of aromatic nitrogens is 1. The third kappa shape index (κ3) is 4.92. The Morgan fingerprint density at radius 1 is 1.17 bits per heavy atom. The largest absolute Gasteiger partial charge is 0.497 e. The zero-order valence-corrected chi connectivity index (χ0v) is 19.2. The SMILES string of the molecule is COc1ccc(CNC(=O)/C(C#N)=C/c2cc(C)n(-c3ccc(I)cc3)c2C)cc1. The molecule has 6 heteroatoms. The Morgan fingerprint density at radius 3 is 2.43 bits per heavy atom. The van der Waals surface area contributed by atoms with Crippen molar-refractivity contribution in [3.05, 3.63) is 86.3 Å². The van der Waals surface area contributed by atoms with Crippen molar-refractivity contribution in [1.82, 2.24) is 9.88 Å². The molecule has 152 valence electrons. The lowest BCUT2D eigenvalue weighted by molar-refractivity contribution is -0.117. The lowest BCUT2D eigenvalue weighted by Gasteiger charge is -2.10. The number of carbonyl (C=O) groups excluding carboxylic acids is 1. The zero-order chi connectivity index (χ0) is 21.7. The summed E-state index contributed by atoms with van der Waals surface area (Å²) in [5.41, 5.74) is 4.92. The first-order valence-electron chi connectivity index (χ1n) is 9.40. The molecule has 3 rings (SSSR count). The maximum Gasteiger partial charge on any atom is 0.262 e. The highest BCUT2D eigenvalue weighted by molar-refractivity contribution is 14.1. The molecule has 3 aromatic rings. The molecule has 0 atom stereocenters. The maximum atomic E-state index is 12.6. The van der Waals surface area contributed by atoms with Gasteiger partial charge in [0.25, 0.3) is 5.91 Å². The lowest BCUT2D eigenvalue weighted by atomic mass is 10.1. The van der Waals surface area contributed by atoms with Gasteiger partial charge in [0.15, 0.2) is 0 Å². The molecule has 0 spiro atoms. The third-order valence-electron chi connectivity index (χ3n) is 4.83. The summed E-state index contributed by atoms with van der Waals surface area (Å²) in [6, 6.07) is 19.7. The summed E-state index contributed by atoms with van der Waals surface area (Å²) in [5.74, 6) is 0.360. The summed E-state index contributed by atoms with van der Waals surface area (Å²) in [7, 11) is 1.61. The van der Waals surface area contributed by atoms with Crippen molar-refractivity contribution in [2.24, 2.45) is 0 Å². The highest BCUT2D eigenvalue weighted by Crippen LogP contribution is 2.23. The minimum absolute atomic E-state index is 0.0753. The summed E-state index contributed by atoms with van der Waals surface area (Å²) in [6.07, 6.45) is 1.65. The van der Waals surface area contributed by atoms with Crippen LogP contribution in [0, 0.1) is 28.7 Å². The number of halogens is 1. The van der Waals surface area contributed by atoms with E-state index in [1.165, 1.54) is 3.57 Å². The Balaban J connectivity index is 1.79. The monoisotopic (exact) mass is 511 g/mol. The second-order valence-electron chi connectivity index (χ2n) is 6.84. The fourth-order valence-corrected chi connectivity index (χ4v) is 3.61. The molecule has 30 heavy (non-hydrogen) atoms. The van der Waals surface area contributed by atoms with Gasteiger partial charge in [0.2, 0.25) is 0 Å². The van der Waals surface area contributed by atoms with Crippen molar-refractivity contribution >= 4 is 34.6 Å². The van der Waals surface area contributed by atoms with Crippen LogP contribution in [-0.4, -0.2) is 17.6 Å². The number of methoxy groups -OCH3 is 1. The van der Waals surface area contributed by atoms with E-state index < -0.39 is 5.91 Å². The van der Waals surface area contributed by atoms with Crippen molar-refractivity contribution in [1.29, 1.82) is 5.26 Å². The first-order chi connectivity index (χ1) is 14.4. The average molecular weight is 511 g/mol. The number of nitrogens with zero attached hydrogens (tertiary/aromatic N) is 2. The third-order valence-corrected chi connectivity index (χ3v) is 5.55.